The number of benzene rings is 1. The molecule has 0 saturated carbocycles. The summed E-state index contributed by atoms with van der Waals surface area (Å²) in [6, 6.07) is 2.80. The first-order valence-electron chi connectivity index (χ1n) is 4.92. The number of halogens is 1. The highest BCUT2D eigenvalue weighted by molar-refractivity contribution is 9.10. The van der Waals surface area contributed by atoms with Crippen LogP contribution in [0.3, 0.4) is 0 Å². The zero-order chi connectivity index (χ0) is 13.0. The maximum Gasteiger partial charge on any atom is 0.293 e. The van der Waals surface area contributed by atoms with Crippen LogP contribution >= 0.6 is 15.9 Å². The molecular formula is C10H14BrN3O3. The molecule has 0 fully saturated rings. The molecule has 0 unspecified atom stereocenters. The summed E-state index contributed by atoms with van der Waals surface area (Å²) in [5, 5.41) is 10.6. The average Bonchev–Trinajstić information content (AvgIpc) is 2.21. The summed E-state index contributed by atoms with van der Waals surface area (Å²) in [5.74, 6) is 0.509. The minimum Gasteiger partial charge on any atom is -0.491 e. The molecule has 0 aliphatic rings. The number of anilines is 1. The van der Waals surface area contributed by atoms with E-state index in [-0.39, 0.29) is 11.4 Å². The van der Waals surface area contributed by atoms with Crippen molar-refractivity contribution in [2.45, 2.75) is 0 Å². The van der Waals surface area contributed by atoms with Gasteiger partial charge in [-0.2, -0.15) is 0 Å². The molecule has 1 aromatic carbocycles. The van der Waals surface area contributed by atoms with E-state index >= 15 is 0 Å². The minimum absolute atomic E-state index is 0.0954. The van der Waals surface area contributed by atoms with Gasteiger partial charge < -0.3 is 15.4 Å². The van der Waals surface area contributed by atoms with Crippen LogP contribution in [0.2, 0.25) is 0 Å². The largest absolute Gasteiger partial charge is 0.491 e. The smallest absolute Gasteiger partial charge is 0.293 e. The third kappa shape index (κ3) is 3.86. The summed E-state index contributed by atoms with van der Waals surface area (Å²) in [6.45, 7) is 1.24. The lowest BCUT2D eigenvalue weighted by Gasteiger charge is -2.12. The van der Waals surface area contributed by atoms with Gasteiger partial charge in [0, 0.05) is 18.7 Å². The zero-order valence-corrected chi connectivity index (χ0v) is 11.2. The molecule has 0 bridgehead atoms. The highest BCUT2D eigenvalue weighted by Crippen LogP contribution is 2.34. The molecule has 6 nitrogen and oxygen atoms in total. The first-order valence-corrected chi connectivity index (χ1v) is 5.72. The first kappa shape index (κ1) is 13.7. The number of nitrogen functional groups attached to an aromatic ring is 1. The topological polar surface area (TPSA) is 81.6 Å². The summed E-state index contributed by atoms with van der Waals surface area (Å²) in [6.07, 6.45) is 0. The van der Waals surface area contributed by atoms with E-state index in [4.69, 9.17) is 10.5 Å². The van der Waals surface area contributed by atoms with Gasteiger partial charge in [-0.05, 0) is 30.0 Å². The van der Waals surface area contributed by atoms with Gasteiger partial charge in [0.25, 0.3) is 5.69 Å². The number of nitro groups is 1. The highest BCUT2D eigenvalue weighted by atomic mass is 79.9. The SMILES string of the molecule is CN(C)CCOc1cc(N)c([N+](=O)[O-])cc1Br. The monoisotopic (exact) mass is 303 g/mol. The van der Waals surface area contributed by atoms with Crippen molar-refractivity contribution < 1.29 is 9.66 Å². The number of hydrogen-bond acceptors (Lipinski definition) is 5. The van der Waals surface area contributed by atoms with Gasteiger partial charge in [0.15, 0.2) is 0 Å². The molecule has 2 N–H and O–H groups in total. The Labute approximate surface area is 108 Å². The predicted octanol–water partition coefficient (Wildman–Crippen LogP) is 1.88. The van der Waals surface area contributed by atoms with Crippen LogP contribution in [0.15, 0.2) is 16.6 Å². The van der Waals surface area contributed by atoms with Crippen LogP contribution in [-0.4, -0.2) is 37.1 Å². The lowest BCUT2D eigenvalue weighted by molar-refractivity contribution is -0.384. The van der Waals surface area contributed by atoms with Gasteiger partial charge in [0.05, 0.1) is 9.40 Å². The van der Waals surface area contributed by atoms with Gasteiger partial charge in [0.1, 0.15) is 18.0 Å². The summed E-state index contributed by atoms with van der Waals surface area (Å²) < 4.78 is 6.00. The van der Waals surface area contributed by atoms with Gasteiger partial charge in [-0.1, -0.05) is 0 Å². The molecule has 17 heavy (non-hydrogen) atoms. The molecule has 0 aliphatic carbocycles. The Bertz CT molecular complexity index is 424. The summed E-state index contributed by atoms with van der Waals surface area (Å²) >= 11 is 3.22. The second-order valence-electron chi connectivity index (χ2n) is 3.75. The van der Waals surface area contributed by atoms with E-state index in [1.165, 1.54) is 12.1 Å². The van der Waals surface area contributed by atoms with Crippen molar-refractivity contribution in [1.82, 2.24) is 4.90 Å². The van der Waals surface area contributed by atoms with Gasteiger partial charge in [-0.3, -0.25) is 10.1 Å². The molecule has 0 aromatic heterocycles. The standard InChI is InChI=1S/C10H14BrN3O3/c1-13(2)3-4-17-10-6-8(12)9(14(15)16)5-7(10)11/h5-6H,3-4,12H2,1-2H3. The van der Waals surface area contributed by atoms with Crippen LogP contribution in [0.25, 0.3) is 0 Å². The maximum atomic E-state index is 10.6. The van der Waals surface area contributed by atoms with Crippen LogP contribution < -0.4 is 10.5 Å². The Morgan fingerprint density at radius 3 is 2.71 bits per heavy atom. The quantitative estimate of drug-likeness (QED) is 0.510. The van der Waals surface area contributed by atoms with Crippen molar-refractivity contribution in [2.24, 2.45) is 0 Å². The van der Waals surface area contributed by atoms with E-state index in [2.05, 4.69) is 15.9 Å². The highest BCUT2D eigenvalue weighted by Gasteiger charge is 2.15. The minimum atomic E-state index is -0.524. The molecule has 0 radical (unpaired) electrons. The van der Waals surface area contributed by atoms with Crippen LogP contribution in [0.1, 0.15) is 0 Å². The summed E-state index contributed by atoms with van der Waals surface area (Å²) in [5.41, 5.74) is 5.54. The lowest BCUT2D eigenvalue weighted by Crippen LogP contribution is -2.19. The van der Waals surface area contributed by atoms with Crippen LogP contribution in [0, 0.1) is 10.1 Å². The van der Waals surface area contributed by atoms with Gasteiger partial charge in [0.2, 0.25) is 0 Å². The summed E-state index contributed by atoms with van der Waals surface area (Å²) in [4.78, 5) is 12.1. The molecule has 0 atom stereocenters. The number of rotatable bonds is 5. The predicted molar refractivity (Wildman–Crippen MR) is 69.3 cm³/mol. The fraction of sp³-hybridized carbons (Fsp3) is 0.400. The normalized spacial score (nSPS) is 10.6. The number of nitrogens with two attached hydrogens (primary N) is 1. The van der Waals surface area contributed by atoms with E-state index in [9.17, 15) is 10.1 Å². The molecule has 1 rings (SSSR count). The van der Waals surface area contributed by atoms with Crippen LogP contribution in [0.5, 0.6) is 5.75 Å². The average molecular weight is 304 g/mol. The summed E-state index contributed by atoms with van der Waals surface area (Å²) in [7, 11) is 3.87. The van der Waals surface area contributed by atoms with E-state index in [1.54, 1.807) is 0 Å². The molecule has 0 saturated heterocycles. The van der Waals surface area contributed by atoms with Crippen LogP contribution in [-0.2, 0) is 0 Å². The third-order valence-corrected chi connectivity index (χ3v) is 2.69. The van der Waals surface area contributed by atoms with Crippen molar-refractivity contribution >= 4 is 27.3 Å². The molecule has 1 aromatic rings. The molecule has 0 aliphatic heterocycles. The second kappa shape index (κ2) is 5.83. The second-order valence-corrected chi connectivity index (χ2v) is 4.60. The number of likely N-dealkylation sites (N-methyl/N-ethyl adjacent to an activating group) is 1. The third-order valence-electron chi connectivity index (χ3n) is 2.07. The number of nitro benzene ring substituents is 1. The molecule has 0 amide bonds. The fourth-order valence-electron chi connectivity index (χ4n) is 1.17. The van der Waals surface area contributed by atoms with E-state index in [0.29, 0.717) is 16.8 Å². The Morgan fingerprint density at radius 2 is 2.18 bits per heavy atom. The van der Waals surface area contributed by atoms with Crippen molar-refractivity contribution in [3.8, 4) is 5.75 Å². The van der Waals surface area contributed by atoms with E-state index in [1.807, 2.05) is 19.0 Å². The Morgan fingerprint density at radius 1 is 1.53 bits per heavy atom. The molecular weight excluding hydrogens is 290 g/mol. The van der Waals surface area contributed by atoms with Gasteiger partial charge in [-0.15, -0.1) is 0 Å². The first-order chi connectivity index (χ1) is 7.91. The van der Waals surface area contributed by atoms with E-state index in [0.717, 1.165) is 6.54 Å². The molecule has 7 heteroatoms. The van der Waals surface area contributed by atoms with Crippen molar-refractivity contribution in [3.63, 3.8) is 0 Å². The number of hydrogen-bond donors (Lipinski definition) is 1. The van der Waals surface area contributed by atoms with Crippen molar-refractivity contribution in [2.75, 3.05) is 33.0 Å². The number of ether oxygens (including phenoxy) is 1. The Balaban J connectivity index is 2.81. The Kier molecular flexibility index (Phi) is 4.71. The van der Waals surface area contributed by atoms with Crippen LogP contribution in [0.4, 0.5) is 11.4 Å². The van der Waals surface area contributed by atoms with E-state index < -0.39 is 4.92 Å². The maximum absolute atomic E-state index is 10.6. The number of nitrogens with zero attached hydrogens (tertiary/aromatic N) is 2. The molecule has 0 heterocycles. The zero-order valence-electron chi connectivity index (χ0n) is 9.64. The Hall–Kier alpha value is -1.34. The van der Waals surface area contributed by atoms with Gasteiger partial charge >= 0.3 is 0 Å². The lowest BCUT2D eigenvalue weighted by atomic mass is 10.2. The van der Waals surface area contributed by atoms with Crippen molar-refractivity contribution in [1.29, 1.82) is 0 Å². The fourth-order valence-corrected chi connectivity index (χ4v) is 1.61. The van der Waals surface area contributed by atoms with Crippen molar-refractivity contribution in [3.05, 3.63) is 26.7 Å². The molecule has 94 valence electrons. The molecule has 0 spiro atoms. The van der Waals surface area contributed by atoms with Gasteiger partial charge in [-0.25, -0.2) is 0 Å².